The summed E-state index contributed by atoms with van der Waals surface area (Å²) in [6.07, 6.45) is 0.424. The third-order valence-electron chi connectivity index (χ3n) is 25.6. The molecule has 2 unspecified atom stereocenters. The highest BCUT2D eigenvalue weighted by atomic mass is 32.1. The summed E-state index contributed by atoms with van der Waals surface area (Å²) in [4.78, 5) is 102. The summed E-state index contributed by atoms with van der Waals surface area (Å²) in [7, 11) is 5.25. The molecule has 5 amide bonds. The maximum atomic E-state index is 13.3. The summed E-state index contributed by atoms with van der Waals surface area (Å²) in [5.74, 6) is -3.28. The molecule has 0 spiro atoms. The van der Waals surface area contributed by atoms with E-state index < -0.39 is 54.1 Å². The molecule has 20 rings (SSSR count). The lowest BCUT2D eigenvalue weighted by Gasteiger charge is -2.42. The Kier molecular flexibility index (Phi) is 32.0. The van der Waals surface area contributed by atoms with Gasteiger partial charge in [0.1, 0.15) is 34.3 Å². The molecule has 0 aliphatic carbocycles. The van der Waals surface area contributed by atoms with Crippen LogP contribution in [-0.2, 0) is 65.8 Å². The van der Waals surface area contributed by atoms with Crippen LogP contribution in [0, 0.1) is 12.7 Å². The molecule has 12 N–H and O–H groups in total. The molecule has 758 valence electrons. The van der Waals surface area contributed by atoms with Crippen LogP contribution in [0.15, 0.2) is 183 Å². The lowest BCUT2D eigenvalue weighted by molar-refractivity contribution is -0.238. The molecular formula is C104H111F7N22O10S2. The zero-order valence-electron chi connectivity index (χ0n) is 81.1. The Morgan fingerprint density at radius 1 is 0.441 bits per heavy atom. The second kappa shape index (κ2) is 44.5. The third-order valence-corrected chi connectivity index (χ3v) is 27.6. The number of methoxy groups -OCH3 is 1. The smallest absolute Gasteiger partial charge is 0.415 e. The summed E-state index contributed by atoms with van der Waals surface area (Å²) in [6.45, 7) is 20.8. The van der Waals surface area contributed by atoms with Gasteiger partial charge in [-0.15, -0.1) is 11.3 Å². The van der Waals surface area contributed by atoms with E-state index in [0.717, 1.165) is 210 Å². The number of ether oxygens (including phenoxy) is 5. The van der Waals surface area contributed by atoms with Gasteiger partial charge < -0.3 is 58.1 Å². The molecule has 5 aliphatic rings. The van der Waals surface area contributed by atoms with E-state index in [4.69, 9.17) is 58.1 Å². The molecule has 2 atom stereocenters. The van der Waals surface area contributed by atoms with E-state index in [0.29, 0.717) is 54.0 Å². The fourth-order valence-electron chi connectivity index (χ4n) is 18.2. The number of hydrogen-bond donors (Lipinski definition) is 6. The summed E-state index contributed by atoms with van der Waals surface area (Å²) >= 11 is 2.81. The average Bonchev–Trinajstić information content (AvgIpc) is 1.67. The highest BCUT2D eigenvalue weighted by Crippen LogP contribution is 2.41. The van der Waals surface area contributed by atoms with Crippen LogP contribution in [0.25, 0.3) is 109 Å². The van der Waals surface area contributed by atoms with Crippen molar-refractivity contribution in [1.29, 1.82) is 0 Å². The van der Waals surface area contributed by atoms with Crippen molar-refractivity contribution in [2.45, 2.75) is 122 Å². The molecule has 15 aromatic rings. The predicted molar refractivity (Wildman–Crippen MR) is 540 cm³/mol. The first kappa shape index (κ1) is 104. The van der Waals surface area contributed by atoms with Gasteiger partial charge in [-0.1, -0.05) is 84.1 Å². The molecule has 5 fully saturated rings. The van der Waals surface area contributed by atoms with Crippen LogP contribution < -0.4 is 39.1 Å². The van der Waals surface area contributed by atoms with Crippen molar-refractivity contribution >= 4 is 107 Å². The number of halogens is 7. The van der Waals surface area contributed by atoms with Crippen LogP contribution in [0.2, 0.25) is 0 Å². The highest BCUT2D eigenvalue weighted by molar-refractivity contribution is 7.17. The molecule has 0 bridgehead atoms. The third kappa shape index (κ3) is 26.0. The van der Waals surface area contributed by atoms with Crippen molar-refractivity contribution in [3.05, 3.63) is 250 Å². The topological polar surface area (TPSA) is 430 Å². The molecule has 5 saturated heterocycles. The Morgan fingerprint density at radius 3 is 1.18 bits per heavy atom. The number of carbonyl (C=O) groups excluding carboxylic acids is 5. The summed E-state index contributed by atoms with van der Waals surface area (Å²) < 4.78 is 121. The Labute approximate surface area is 838 Å². The number of fused-ring (bicyclic) bond motifs is 5. The first-order valence-corrected chi connectivity index (χ1v) is 48.5. The van der Waals surface area contributed by atoms with Gasteiger partial charge in [-0.2, -0.15) is 36.5 Å². The van der Waals surface area contributed by atoms with Crippen LogP contribution in [0.3, 0.4) is 0 Å². The van der Waals surface area contributed by atoms with Gasteiger partial charge in [0.25, 0.3) is 34.7 Å². The van der Waals surface area contributed by atoms with Crippen LogP contribution in [-0.4, -0.2) is 249 Å². The van der Waals surface area contributed by atoms with Crippen molar-refractivity contribution < 1.29 is 78.4 Å². The lowest BCUT2D eigenvalue weighted by Crippen LogP contribution is -2.52. The minimum Gasteiger partial charge on any atom is -0.473 e. The van der Waals surface area contributed by atoms with Gasteiger partial charge in [0.2, 0.25) is 0 Å². The Hall–Kier alpha value is -13.7. The molecular weight excluding hydrogens is 1910 g/mol. The standard InChI is InChI=1S/C22H23FN4O.2C21H25N5O2.C20H19F3N4O3S.C20H19F3N4O2S/c23-16-4-2-15(3-5-16)19-12-21(22(25)28)26-20-11-14(1-6-18(19)20)13-27-9-7-17(24)8-10-27;1-21(2)13-28-7-6-26(21)11-14-4-5-16-17(15-10-23-25(3)12-15)9-19(20(22)27)24-18(16)8-14;1-21(2)13-26(6-7-28-21)11-14-4-5-16-17(15-10-23-25(3)12-15)9-19(20(22)27)24-18(16)8-14;1-29-19-25-8-16(31-19)13-7-15(18(24)28)26-14-6-11(2-3-12(13)14)9-27-4-5-30-17(10-27)20(21,22)23;1-11-25-8-17(30-11)14-7-16(19(24)28)26-15-6-12(2-3-13(14)15)9-27-4-5-29-18(10-27)20(21,22)23/h1-6,11-12,17H,7-10,13,24H2,(H2,25,28);2*4-5,8-10,12H,6-7,11,13H2,1-3H3,(H2,22,27);2-3,6-8,17H,4-5,9-10H2,1H3,(H2,24,28);2-3,6-8,18H,4-5,9-10H2,1H3,(H2,24,28). The maximum Gasteiger partial charge on any atom is 0.415 e. The normalized spacial score (nSPS) is 17.2. The molecule has 0 saturated carbocycles. The first-order valence-electron chi connectivity index (χ1n) is 46.9. The monoisotopic (exact) mass is 2020 g/mol. The SMILES string of the molecule is COc1ncc(-c2cc(C(N)=O)nc3cc(CN4CCOC(C(F)(F)F)C4)ccc23)s1.Cc1ncc(-c2cc(C(N)=O)nc3cc(CN4CCOC(C(F)(F)F)C4)ccc23)s1.Cn1cc(-c2cc(C(N)=O)nc3cc(CN4CCOC(C)(C)C4)ccc23)cn1.Cn1cc(-c2cc(C(N)=O)nc3cc(CN4CCOCC4(C)C)ccc23)cn1.NC(=O)c1cc(-c2ccc(F)cc2)c2ccc(CN3CCC(N)CC3)cc2n1. The van der Waals surface area contributed by atoms with Crippen molar-refractivity contribution in [2.75, 3.05) is 99.0 Å². The zero-order chi connectivity index (χ0) is 103. The number of aryl methyl sites for hydroxylation is 3. The number of carbonyl (C=O) groups is 5. The molecule has 0 radical (unpaired) electrons. The van der Waals surface area contributed by atoms with E-state index in [1.54, 1.807) is 98.5 Å². The van der Waals surface area contributed by atoms with E-state index in [2.05, 4.69) is 118 Å². The fraction of sp³-hybridized carbons (Fsp3) is 0.346. The second-order valence-electron chi connectivity index (χ2n) is 37.6. The quantitative estimate of drug-likeness (QED) is 0.0364. The number of nitrogens with two attached hydrogens (primary N) is 6. The van der Waals surface area contributed by atoms with E-state index in [1.165, 1.54) is 41.9 Å². The number of benzene rings is 6. The number of morpholine rings is 4. The van der Waals surface area contributed by atoms with Crippen LogP contribution >= 0.6 is 22.7 Å². The van der Waals surface area contributed by atoms with Crippen molar-refractivity contribution in [3.8, 4) is 59.5 Å². The van der Waals surface area contributed by atoms with E-state index >= 15 is 0 Å². The predicted octanol–water partition coefficient (Wildman–Crippen LogP) is 14.5. The number of nitrogens with zero attached hydrogens (tertiary/aromatic N) is 16. The Bertz CT molecular complexity index is 7290. The van der Waals surface area contributed by atoms with Crippen LogP contribution in [0.5, 0.6) is 5.19 Å². The molecule has 9 aromatic heterocycles. The highest BCUT2D eigenvalue weighted by Gasteiger charge is 2.45. The second-order valence-corrected chi connectivity index (χ2v) is 39.8. The van der Waals surface area contributed by atoms with Crippen molar-refractivity contribution in [2.24, 2.45) is 48.5 Å². The average molecular weight is 2030 g/mol. The number of thiazole rings is 2. The fourth-order valence-corrected chi connectivity index (χ4v) is 19.8. The summed E-state index contributed by atoms with van der Waals surface area (Å²) in [6, 6.07) is 44.4. The maximum absolute atomic E-state index is 13.3. The number of alkyl halides is 6. The summed E-state index contributed by atoms with van der Waals surface area (Å²) in [5.41, 5.74) is 49.4. The minimum absolute atomic E-state index is 0.0131. The number of primary amides is 5. The molecule has 32 nitrogen and oxygen atoms in total. The number of hydrogen-bond acceptors (Lipinski definition) is 27. The number of likely N-dealkylation sites (tertiary alicyclic amines) is 1. The van der Waals surface area contributed by atoms with Crippen LogP contribution in [0.1, 0.15) is 126 Å². The molecule has 5 aliphatic heterocycles. The lowest BCUT2D eigenvalue weighted by atomic mass is 9.98. The Morgan fingerprint density at radius 2 is 0.814 bits per heavy atom. The van der Waals surface area contributed by atoms with Crippen molar-refractivity contribution in [3.63, 3.8) is 0 Å². The van der Waals surface area contributed by atoms with Gasteiger partial charge in [0.15, 0.2) is 12.2 Å². The van der Waals surface area contributed by atoms with Gasteiger partial charge in [-0.05, 0) is 183 Å². The first-order chi connectivity index (χ1) is 69.1. The molecule has 41 heteroatoms. The van der Waals surface area contributed by atoms with E-state index in [-0.39, 0.29) is 71.7 Å². The molecule has 145 heavy (non-hydrogen) atoms. The van der Waals surface area contributed by atoms with Gasteiger partial charge in [-0.25, -0.2) is 39.3 Å². The Balaban J connectivity index is 0.000000130. The van der Waals surface area contributed by atoms with E-state index in [9.17, 15) is 54.7 Å². The molecule has 6 aromatic carbocycles. The number of piperidine rings is 1. The van der Waals surface area contributed by atoms with Gasteiger partial charge in [0.05, 0.1) is 100 Å². The zero-order valence-corrected chi connectivity index (χ0v) is 82.7. The van der Waals surface area contributed by atoms with Gasteiger partial charge in [0, 0.05) is 178 Å². The molecule has 14 heterocycles. The van der Waals surface area contributed by atoms with Gasteiger partial charge >= 0.3 is 12.4 Å². The minimum atomic E-state index is -4.40. The number of aromatic nitrogens is 11. The number of pyridine rings is 5. The summed E-state index contributed by atoms with van der Waals surface area (Å²) in [5, 5.41) is 14.3. The number of rotatable bonds is 21. The number of amides is 5. The van der Waals surface area contributed by atoms with Gasteiger partial charge in [-0.3, -0.25) is 57.8 Å². The van der Waals surface area contributed by atoms with Crippen LogP contribution in [0.4, 0.5) is 30.7 Å². The van der Waals surface area contributed by atoms with E-state index in [1.807, 2.05) is 81.9 Å². The van der Waals surface area contributed by atoms with Crippen molar-refractivity contribution in [1.82, 2.24) is 78.9 Å². The largest absolute Gasteiger partial charge is 0.473 e.